The van der Waals surface area contributed by atoms with Crippen molar-refractivity contribution in [1.29, 1.82) is 0 Å². The second kappa shape index (κ2) is 9.02. The summed E-state index contributed by atoms with van der Waals surface area (Å²) in [6, 6.07) is 26.5. The lowest BCUT2D eigenvalue weighted by Gasteiger charge is -2.12. The number of carbonyl (C=O) groups excluding carboxylic acids is 1. The predicted molar refractivity (Wildman–Crippen MR) is 102 cm³/mol. The van der Waals surface area contributed by atoms with Crippen molar-refractivity contribution in [2.45, 2.75) is 12.6 Å². The predicted octanol–water partition coefficient (Wildman–Crippen LogP) is 4.52. The van der Waals surface area contributed by atoms with E-state index >= 15 is 0 Å². The lowest BCUT2D eigenvalue weighted by molar-refractivity contribution is -0.146. The van der Waals surface area contributed by atoms with E-state index in [1.54, 1.807) is 0 Å². The van der Waals surface area contributed by atoms with E-state index in [1.807, 2.05) is 84.9 Å². The minimum absolute atomic E-state index is 0. The van der Waals surface area contributed by atoms with Crippen molar-refractivity contribution in [3.63, 3.8) is 0 Å². The van der Waals surface area contributed by atoms with Gasteiger partial charge < -0.3 is 10.5 Å². The van der Waals surface area contributed by atoms with Crippen LogP contribution in [0.5, 0.6) is 0 Å². The molecule has 128 valence electrons. The molecule has 3 rings (SSSR count). The number of esters is 1. The maximum atomic E-state index is 12.1. The van der Waals surface area contributed by atoms with Gasteiger partial charge in [-0.2, -0.15) is 0 Å². The molecule has 1 atom stereocenters. The summed E-state index contributed by atoms with van der Waals surface area (Å²) in [5, 5.41) is 0. The second-order valence-electron chi connectivity index (χ2n) is 5.56. The molecule has 0 saturated heterocycles. The highest BCUT2D eigenvalue weighted by molar-refractivity contribution is 5.85. The molecule has 3 aromatic carbocycles. The van der Waals surface area contributed by atoms with Gasteiger partial charge in [0.1, 0.15) is 12.6 Å². The van der Waals surface area contributed by atoms with E-state index in [0.29, 0.717) is 0 Å². The highest BCUT2D eigenvalue weighted by Crippen LogP contribution is 2.21. The Labute approximate surface area is 153 Å². The summed E-state index contributed by atoms with van der Waals surface area (Å²) in [7, 11) is 0. The molecule has 25 heavy (non-hydrogen) atoms. The molecule has 0 spiro atoms. The molecule has 0 aliphatic carbocycles. The zero-order chi connectivity index (χ0) is 16.8. The van der Waals surface area contributed by atoms with Crippen LogP contribution >= 0.6 is 12.4 Å². The third-order valence-corrected chi connectivity index (χ3v) is 3.85. The largest absolute Gasteiger partial charge is 0.459 e. The fourth-order valence-electron chi connectivity index (χ4n) is 2.47. The summed E-state index contributed by atoms with van der Waals surface area (Å²) in [6.07, 6.45) is 0. The van der Waals surface area contributed by atoms with Crippen LogP contribution in [0.15, 0.2) is 84.9 Å². The topological polar surface area (TPSA) is 52.3 Å². The molecule has 3 nitrogen and oxygen atoms in total. The third-order valence-electron chi connectivity index (χ3n) is 3.85. The Hall–Kier alpha value is -2.62. The summed E-state index contributed by atoms with van der Waals surface area (Å²) < 4.78 is 5.30. The molecule has 3 aromatic rings. The van der Waals surface area contributed by atoms with Crippen molar-refractivity contribution in [2.24, 2.45) is 5.73 Å². The normalized spacial score (nSPS) is 11.2. The number of ether oxygens (including phenoxy) is 1. The number of rotatable bonds is 5. The molecule has 0 aliphatic rings. The van der Waals surface area contributed by atoms with Gasteiger partial charge in [0.15, 0.2) is 0 Å². The smallest absolute Gasteiger partial charge is 0.327 e. The average Bonchev–Trinajstić information content (AvgIpc) is 2.67. The highest BCUT2D eigenvalue weighted by atomic mass is 35.5. The number of hydrogen-bond donors (Lipinski definition) is 1. The Kier molecular flexibility index (Phi) is 6.75. The summed E-state index contributed by atoms with van der Waals surface area (Å²) in [6.45, 7) is 0.232. The number of nitrogens with two attached hydrogens (primary N) is 1. The average molecular weight is 354 g/mol. The Morgan fingerprint density at radius 1 is 0.800 bits per heavy atom. The molecule has 4 heteroatoms. The summed E-state index contributed by atoms with van der Waals surface area (Å²) >= 11 is 0. The minimum atomic E-state index is -0.779. The first kappa shape index (κ1) is 18.7. The monoisotopic (exact) mass is 353 g/mol. The summed E-state index contributed by atoms with van der Waals surface area (Å²) in [5.74, 6) is -0.425. The van der Waals surface area contributed by atoms with Crippen LogP contribution in [0.3, 0.4) is 0 Å². The first-order chi connectivity index (χ1) is 11.7. The molecule has 0 heterocycles. The first-order valence-electron chi connectivity index (χ1n) is 7.85. The van der Waals surface area contributed by atoms with Gasteiger partial charge in [-0.05, 0) is 22.3 Å². The van der Waals surface area contributed by atoms with Crippen LogP contribution in [0.4, 0.5) is 0 Å². The third kappa shape index (κ3) is 4.92. The maximum absolute atomic E-state index is 12.1. The fraction of sp³-hybridized carbons (Fsp3) is 0.0952. The van der Waals surface area contributed by atoms with Crippen LogP contribution in [0.25, 0.3) is 11.1 Å². The molecule has 0 saturated carbocycles. The Bertz CT molecular complexity index is 789. The SMILES string of the molecule is Cl.NC(C(=O)OCc1ccccc1)c1ccc(-c2ccccc2)cc1. The minimum Gasteiger partial charge on any atom is -0.459 e. The molecule has 0 radical (unpaired) electrons. The fourth-order valence-corrected chi connectivity index (χ4v) is 2.47. The van der Waals surface area contributed by atoms with Gasteiger partial charge in [0.2, 0.25) is 0 Å². The van der Waals surface area contributed by atoms with E-state index in [0.717, 1.165) is 22.3 Å². The van der Waals surface area contributed by atoms with E-state index in [9.17, 15) is 4.79 Å². The van der Waals surface area contributed by atoms with Gasteiger partial charge in [-0.3, -0.25) is 0 Å². The van der Waals surface area contributed by atoms with Crippen molar-refractivity contribution in [2.75, 3.05) is 0 Å². The second-order valence-corrected chi connectivity index (χ2v) is 5.56. The number of hydrogen-bond acceptors (Lipinski definition) is 3. The van der Waals surface area contributed by atoms with E-state index < -0.39 is 12.0 Å². The van der Waals surface area contributed by atoms with Gasteiger partial charge >= 0.3 is 5.97 Å². The molecule has 0 fully saturated rings. The van der Waals surface area contributed by atoms with Gasteiger partial charge in [0, 0.05) is 0 Å². The van der Waals surface area contributed by atoms with Gasteiger partial charge in [-0.15, -0.1) is 12.4 Å². The molecular formula is C21H20ClNO2. The summed E-state index contributed by atoms with van der Waals surface area (Å²) in [4.78, 5) is 12.1. The number of halogens is 1. The van der Waals surface area contributed by atoms with Crippen molar-refractivity contribution < 1.29 is 9.53 Å². The summed E-state index contributed by atoms with van der Waals surface area (Å²) in [5.41, 5.74) is 9.92. The zero-order valence-electron chi connectivity index (χ0n) is 13.7. The lowest BCUT2D eigenvalue weighted by Crippen LogP contribution is -2.23. The van der Waals surface area contributed by atoms with Gasteiger partial charge in [0.05, 0.1) is 0 Å². The highest BCUT2D eigenvalue weighted by Gasteiger charge is 2.17. The molecular weight excluding hydrogens is 334 g/mol. The number of carbonyl (C=O) groups is 1. The van der Waals surface area contributed by atoms with Crippen LogP contribution in [-0.2, 0) is 16.1 Å². The first-order valence-corrected chi connectivity index (χ1v) is 7.85. The Morgan fingerprint density at radius 2 is 1.32 bits per heavy atom. The standard InChI is InChI=1S/C21H19NO2.ClH/c22-20(21(23)24-15-16-7-3-1-4-8-16)19-13-11-18(12-14-19)17-9-5-2-6-10-17;/h1-14,20H,15,22H2;1H. The van der Waals surface area contributed by atoms with Crippen LogP contribution in [-0.4, -0.2) is 5.97 Å². The van der Waals surface area contributed by atoms with Gasteiger partial charge in [0.25, 0.3) is 0 Å². The van der Waals surface area contributed by atoms with E-state index in [4.69, 9.17) is 10.5 Å². The maximum Gasteiger partial charge on any atom is 0.327 e. The van der Waals surface area contributed by atoms with Crippen LogP contribution in [0.2, 0.25) is 0 Å². The Morgan fingerprint density at radius 3 is 1.92 bits per heavy atom. The number of benzene rings is 3. The molecule has 0 bridgehead atoms. The van der Waals surface area contributed by atoms with E-state index in [-0.39, 0.29) is 19.0 Å². The lowest BCUT2D eigenvalue weighted by atomic mass is 10.0. The molecule has 2 N–H and O–H groups in total. The molecule has 0 aliphatic heterocycles. The molecule has 0 aromatic heterocycles. The van der Waals surface area contributed by atoms with Crippen LogP contribution in [0.1, 0.15) is 17.2 Å². The van der Waals surface area contributed by atoms with Crippen LogP contribution in [0, 0.1) is 0 Å². The van der Waals surface area contributed by atoms with Crippen LogP contribution < -0.4 is 5.73 Å². The van der Waals surface area contributed by atoms with Gasteiger partial charge in [-0.1, -0.05) is 84.9 Å². The van der Waals surface area contributed by atoms with E-state index in [1.165, 1.54) is 0 Å². The Balaban J connectivity index is 0.00000225. The van der Waals surface area contributed by atoms with Crippen molar-refractivity contribution >= 4 is 18.4 Å². The molecule has 0 amide bonds. The zero-order valence-corrected chi connectivity index (χ0v) is 14.5. The van der Waals surface area contributed by atoms with E-state index in [2.05, 4.69) is 0 Å². The molecule has 1 unspecified atom stereocenters. The quantitative estimate of drug-likeness (QED) is 0.686. The van der Waals surface area contributed by atoms with Crippen molar-refractivity contribution in [3.05, 3.63) is 96.1 Å². The van der Waals surface area contributed by atoms with Crippen molar-refractivity contribution in [1.82, 2.24) is 0 Å². The van der Waals surface area contributed by atoms with Gasteiger partial charge in [-0.25, -0.2) is 4.79 Å². The van der Waals surface area contributed by atoms with Crippen molar-refractivity contribution in [3.8, 4) is 11.1 Å².